The second kappa shape index (κ2) is 11.1. The zero-order chi connectivity index (χ0) is 28.6. The van der Waals surface area contributed by atoms with Gasteiger partial charge in [0.2, 0.25) is 11.8 Å². The van der Waals surface area contributed by atoms with E-state index >= 15 is 0 Å². The van der Waals surface area contributed by atoms with Gasteiger partial charge in [-0.05, 0) is 50.6 Å². The van der Waals surface area contributed by atoms with E-state index in [-0.39, 0.29) is 16.7 Å². The summed E-state index contributed by atoms with van der Waals surface area (Å²) in [4.78, 5) is 13.5. The number of nitrogens with zero attached hydrogens (tertiary/aromatic N) is 6. The molecule has 2 aromatic heterocycles. The van der Waals surface area contributed by atoms with Crippen LogP contribution < -0.4 is 14.4 Å². The van der Waals surface area contributed by atoms with Gasteiger partial charge in [0.1, 0.15) is 10.6 Å². The summed E-state index contributed by atoms with van der Waals surface area (Å²) in [6.07, 6.45) is 2.67. The van der Waals surface area contributed by atoms with Gasteiger partial charge in [0, 0.05) is 57.1 Å². The average Bonchev–Trinajstić information content (AvgIpc) is 3.32. The molecule has 210 valence electrons. The van der Waals surface area contributed by atoms with Crippen LogP contribution in [0.1, 0.15) is 16.7 Å². The van der Waals surface area contributed by atoms with Crippen molar-refractivity contribution in [2.45, 2.75) is 25.7 Å². The van der Waals surface area contributed by atoms with Gasteiger partial charge in [-0.2, -0.15) is 10.1 Å². The molecule has 1 saturated heterocycles. The molecule has 3 heterocycles. The van der Waals surface area contributed by atoms with Crippen molar-refractivity contribution in [3.05, 3.63) is 70.5 Å². The van der Waals surface area contributed by atoms with Crippen LogP contribution in [0.2, 0.25) is 5.02 Å². The maximum absolute atomic E-state index is 13.1. The Hall–Kier alpha value is -3.67. The minimum atomic E-state index is -3.98. The number of nitrogens with one attached hydrogen (secondary N) is 1. The molecule has 0 aliphatic carbocycles. The van der Waals surface area contributed by atoms with Gasteiger partial charge in [-0.25, -0.2) is 18.1 Å². The second-order valence-electron chi connectivity index (χ2n) is 10.1. The number of sulfonamides is 1. The number of aryl methyl sites for hydroxylation is 4. The SMILES string of the molecule is Cc1cccc(C)c1-c1cc(Oc2cc(C)c(N3CCN(C)CC3)c(Cl)c2)nc(NS(=O)(=O)c2cnn(C)c2)n1. The number of ether oxygens (including phenoxy) is 1. The molecule has 0 unspecified atom stereocenters. The van der Waals surface area contributed by atoms with Gasteiger partial charge < -0.3 is 14.5 Å². The van der Waals surface area contributed by atoms with E-state index in [1.165, 1.54) is 17.1 Å². The van der Waals surface area contributed by atoms with E-state index in [2.05, 4.69) is 36.6 Å². The molecular weight excluding hydrogens is 550 g/mol. The number of piperazine rings is 1. The van der Waals surface area contributed by atoms with Crippen molar-refractivity contribution in [1.29, 1.82) is 0 Å². The van der Waals surface area contributed by atoms with Crippen molar-refractivity contribution >= 4 is 33.3 Å². The van der Waals surface area contributed by atoms with Crippen LogP contribution in [-0.4, -0.2) is 66.3 Å². The van der Waals surface area contributed by atoms with Gasteiger partial charge in [0.25, 0.3) is 10.0 Å². The highest BCUT2D eigenvalue weighted by atomic mass is 35.5. The lowest BCUT2D eigenvalue weighted by Crippen LogP contribution is -2.44. The van der Waals surface area contributed by atoms with Crippen LogP contribution in [0.5, 0.6) is 11.6 Å². The maximum atomic E-state index is 13.1. The molecule has 1 aliphatic heterocycles. The van der Waals surface area contributed by atoms with Gasteiger partial charge >= 0.3 is 0 Å². The van der Waals surface area contributed by atoms with E-state index < -0.39 is 10.0 Å². The monoisotopic (exact) mass is 581 g/mol. The summed E-state index contributed by atoms with van der Waals surface area (Å²) in [7, 11) is -0.223. The summed E-state index contributed by atoms with van der Waals surface area (Å²) >= 11 is 6.76. The Bertz CT molecular complexity index is 1620. The van der Waals surface area contributed by atoms with E-state index in [9.17, 15) is 8.42 Å². The molecule has 4 aromatic rings. The number of halogens is 1. The van der Waals surface area contributed by atoms with Crippen LogP contribution in [0, 0.1) is 20.8 Å². The molecule has 2 aromatic carbocycles. The van der Waals surface area contributed by atoms with Crippen molar-refractivity contribution in [1.82, 2.24) is 24.6 Å². The Balaban J connectivity index is 1.52. The fourth-order valence-electron chi connectivity index (χ4n) is 4.90. The van der Waals surface area contributed by atoms with Crippen molar-refractivity contribution < 1.29 is 13.2 Å². The number of hydrogen-bond donors (Lipinski definition) is 1. The molecule has 0 saturated carbocycles. The van der Waals surface area contributed by atoms with Gasteiger partial charge in [0.15, 0.2) is 0 Å². The Morgan fingerprint density at radius 1 is 0.950 bits per heavy atom. The zero-order valence-electron chi connectivity index (χ0n) is 23.1. The van der Waals surface area contributed by atoms with E-state index in [4.69, 9.17) is 16.3 Å². The number of benzene rings is 2. The molecule has 0 bridgehead atoms. The summed E-state index contributed by atoms with van der Waals surface area (Å²) in [5, 5.41) is 4.55. The lowest BCUT2D eigenvalue weighted by molar-refractivity contribution is 0.312. The third-order valence-electron chi connectivity index (χ3n) is 6.93. The van der Waals surface area contributed by atoms with Crippen molar-refractivity contribution in [2.75, 3.05) is 42.8 Å². The number of rotatable bonds is 7. The summed E-state index contributed by atoms with van der Waals surface area (Å²) in [6.45, 7) is 9.67. The molecule has 1 aliphatic rings. The molecule has 12 heteroatoms. The first kappa shape index (κ1) is 27.9. The molecule has 1 fully saturated rings. The molecule has 0 atom stereocenters. The molecular formula is C28H32ClN7O3S. The van der Waals surface area contributed by atoms with Gasteiger partial charge in [-0.3, -0.25) is 4.68 Å². The Labute approximate surface area is 239 Å². The molecule has 10 nitrogen and oxygen atoms in total. The van der Waals surface area contributed by atoms with Crippen LogP contribution in [0.3, 0.4) is 0 Å². The molecule has 5 rings (SSSR count). The molecule has 0 radical (unpaired) electrons. The number of hydrogen-bond acceptors (Lipinski definition) is 8. The third kappa shape index (κ3) is 5.91. The van der Waals surface area contributed by atoms with E-state index in [0.717, 1.165) is 54.1 Å². The predicted molar refractivity (Wildman–Crippen MR) is 157 cm³/mol. The topological polar surface area (TPSA) is 105 Å². The normalized spacial score (nSPS) is 14.4. The first-order chi connectivity index (χ1) is 19.0. The fourth-order valence-corrected chi connectivity index (χ4v) is 6.20. The highest BCUT2D eigenvalue weighted by Gasteiger charge is 2.22. The third-order valence-corrected chi connectivity index (χ3v) is 8.50. The smallest absolute Gasteiger partial charge is 0.267 e. The van der Waals surface area contributed by atoms with Gasteiger partial charge in [0.05, 0.1) is 22.6 Å². The van der Waals surface area contributed by atoms with Gasteiger partial charge in [-0.15, -0.1) is 0 Å². The number of aromatic nitrogens is 4. The van der Waals surface area contributed by atoms with Crippen LogP contribution in [0.15, 0.2) is 53.7 Å². The molecule has 0 spiro atoms. The lowest BCUT2D eigenvalue weighted by atomic mass is 10.00. The molecule has 40 heavy (non-hydrogen) atoms. The Kier molecular flexibility index (Phi) is 7.72. The standard InChI is InChI=1S/C28H32ClN7O3S/c1-18-7-6-8-19(2)26(18)24-15-25(32-28(31-24)33-40(37,38)22-16-30-35(5)17-22)39-21-13-20(3)27(23(29)14-21)36-11-9-34(4)10-12-36/h6-8,13-17H,9-12H2,1-5H3,(H,31,32,33). The number of anilines is 2. The van der Waals surface area contributed by atoms with E-state index in [1.54, 1.807) is 19.2 Å². The first-order valence-electron chi connectivity index (χ1n) is 12.9. The van der Waals surface area contributed by atoms with Crippen molar-refractivity contribution in [2.24, 2.45) is 7.05 Å². The second-order valence-corrected chi connectivity index (χ2v) is 12.2. The minimum absolute atomic E-state index is 0.000413. The summed E-state index contributed by atoms with van der Waals surface area (Å²) in [5.41, 5.74) is 5.35. The highest BCUT2D eigenvalue weighted by molar-refractivity contribution is 7.92. The first-order valence-corrected chi connectivity index (χ1v) is 14.7. The minimum Gasteiger partial charge on any atom is -0.439 e. The highest BCUT2D eigenvalue weighted by Crippen LogP contribution is 2.37. The number of likely N-dealkylation sites (N-methyl/N-ethyl adjacent to an activating group) is 1. The Morgan fingerprint density at radius 2 is 1.65 bits per heavy atom. The van der Waals surface area contributed by atoms with Crippen LogP contribution >= 0.6 is 11.6 Å². The lowest BCUT2D eigenvalue weighted by Gasteiger charge is -2.35. The fraction of sp³-hybridized carbons (Fsp3) is 0.321. The summed E-state index contributed by atoms with van der Waals surface area (Å²) in [6, 6.07) is 11.3. The quantitative estimate of drug-likeness (QED) is 0.332. The zero-order valence-corrected chi connectivity index (χ0v) is 24.7. The van der Waals surface area contributed by atoms with Gasteiger partial charge in [-0.1, -0.05) is 29.8 Å². The predicted octanol–water partition coefficient (Wildman–Crippen LogP) is 4.80. The van der Waals surface area contributed by atoms with Crippen molar-refractivity contribution in [3.63, 3.8) is 0 Å². The largest absolute Gasteiger partial charge is 0.439 e. The Morgan fingerprint density at radius 3 is 2.27 bits per heavy atom. The summed E-state index contributed by atoms with van der Waals surface area (Å²) in [5.74, 6) is 0.558. The van der Waals surface area contributed by atoms with Crippen molar-refractivity contribution in [3.8, 4) is 22.9 Å². The van der Waals surface area contributed by atoms with E-state index in [1.807, 2.05) is 45.0 Å². The van der Waals surface area contributed by atoms with Crippen LogP contribution in [0.25, 0.3) is 11.3 Å². The average molecular weight is 582 g/mol. The summed E-state index contributed by atoms with van der Waals surface area (Å²) < 4.78 is 36.2. The maximum Gasteiger partial charge on any atom is 0.267 e. The molecule has 1 N–H and O–H groups in total. The van der Waals surface area contributed by atoms with Crippen LogP contribution in [0.4, 0.5) is 11.6 Å². The molecule has 0 amide bonds. The van der Waals surface area contributed by atoms with Crippen LogP contribution in [-0.2, 0) is 17.1 Å². The van der Waals surface area contributed by atoms with E-state index in [0.29, 0.717) is 16.5 Å².